The van der Waals surface area contributed by atoms with Gasteiger partial charge in [-0.1, -0.05) is 66.2 Å². The van der Waals surface area contributed by atoms with Crippen molar-refractivity contribution >= 4 is 27.5 Å². The van der Waals surface area contributed by atoms with Crippen LogP contribution in [0.15, 0.2) is 88.2 Å². The minimum atomic E-state index is -3.89. The zero-order chi connectivity index (χ0) is 21.8. The molecule has 0 radical (unpaired) electrons. The van der Waals surface area contributed by atoms with Gasteiger partial charge in [-0.05, 0) is 29.8 Å². The van der Waals surface area contributed by atoms with Crippen LogP contribution in [0.4, 0.5) is 5.88 Å². The summed E-state index contributed by atoms with van der Waals surface area (Å²) in [5.41, 5.74) is 1.79. The molecule has 3 aromatic carbocycles. The van der Waals surface area contributed by atoms with Crippen LogP contribution in [0.3, 0.4) is 0 Å². The lowest BCUT2D eigenvalue weighted by atomic mass is 10.1. The van der Waals surface area contributed by atoms with Gasteiger partial charge in [0, 0.05) is 12.0 Å². The van der Waals surface area contributed by atoms with Crippen LogP contribution < -0.4 is 9.46 Å². The second-order valence-corrected chi connectivity index (χ2v) is 8.78. The molecule has 0 bridgehead atoms. The summed E-state index contributed by atoms with van der Waals surface area (Å²) in [6, 6.07) is 22.8. The number of hydrogen-bond acceptors (Lipinski definition) is 5. The van der Waals surface area contributed by atoms with E-state index in [1.54, 1.807) is 36.4 Å². The Morgan fingerprint density at radius 2 is 1.65 bits per heavy atom. The van der Waals surface area contributed by atoms with E-state index in [4.69, 9.17) is 20.8 Å². The predicted octanol–water partition coefficient (Wildman–Crippen LogP) is 5.40. The van der Waals surface area contributed by atoms with Crippen LogP contribution in [0.2, 0.25) is 5.02 Å². The van der Waals surface area contributed by atoms with Crippen molar-refractivity contribution in [1.29, 1.82) is 0 Å². The van der Waals surface area contributed by atoms with Crippen molar-refractivity contribution in [3.8, 4) is 17.0 Å². The molecular formula is C23H19ClN2O4S. The molecule has 0 atom stereocenters. The summed E-state index contributed by atoms with van der Waals surface area (Å²) >= 11 is 6.28. The SMILES string of the molecule is COc1c(Cl)cccc1-c1nc(Cc2ccccc2)oc1NS(=O)(=O)c1ccccc1. The fraction of sp³-hybridized carbons (Fsp3) is 0.0870. The molecular weight excluding hydrogens is 436 g/mol. The van der Waals surface area contributed by atoms with Crippen molar-refractivity contribution in [2.75, 3.05) is 11.8 Å². The summed E-state index contributed by atoms with van der Waals surface area (Å²) < 4.78 is 39.7. The smallest absolute Gasteiger partial charge is 0.264 e. The van der Waals surface area contributed by atoms with Crippen molar-refractivity contribution in [3.05, 3.63) is 95.3 Å². The topological polar surface area (TPSA) is 81.4 Å². The zero-order valence-electron chi connectivity index (χ0n) is 16.6. The molecule has 158 valence electrons. The van der Waals surface area contributed by atoms with E-state index in [1.165, 1.54) is 19.2 Å². The summed E-state index contributed by atoms with van der Waals surface area (Å²) in [5.74, 6) is 0.730. The van der Waals surface area contributed by atoms with Crippen LogP contribution >= 0.6 is 11.6 Å². The zero-order valence-corrected chi connectivity index (χ0v) is 18.2. The van der Waals surface area contributed by atoms with Gasteiger partial charge in [0.15, 0.2) is 0 Å². The molecule has 0 fully saturated rings. The highest BCUT2D eigenvalue weighted by Gasteiger charge is 2.24. The predicted molar refractivity (Wildman–Crippen MR) is 120 cm³/mol. The molecule has 1 heterocycles. The maximum Gasteiger partial charge on any atom is 0.264 e. The third-order valence-corrected chi connectivity index (χ3v) is 6.22. The Bertz CT molecular complexity index is 1290. The summed E-state index contributed by atoms with van der Waals surface area (Å²) in [7, 11) is -2.40. The van der Waals surface area contributed by atoms with Gasteiger partial charge in [0.25, 0.3) is 10.0 Å². The second-order valence-electron chi connectivity index (χ2n) is 6.69. The first-order valence-corrected chi connectivity index (χ1v) is 11.3. The number of methoxy groups -OCH3 is 1. The van der Waals surface area contributed by atoms with Crippen molar-refractivity contribution < 1.29 is 17.6 Å². The van der Waals surface area contributed by atoms with Gasteiger partial charge in [-0.15, -0.1) is 0 Å². The van der Waals surface area contributed by atoms with E-state index < -0.39 is 10.0 Å². The monoisotopic (exact) mass is 454 g/mol. The minimum absolute atomic E-state index is 0.00430. The van der Waals surface area contributed by atoms with Crippen molar-refractivity contribution in [2.45, 2.75) is 11.3 Å². The highest BCUT2D eigenvalue weighted by Crippen LogP contribution is 2.40. The van der Waals surface area contributed by atoms with Crippen LogP contribution in [-0.2, 0) is 16.4 Å². The first-order valence-electron chi connectivity index (χ1n) is 9.42. The number of rotatable bonds is 7. The van der Waals surface area contributed by atoms with Gasteiger partial charge in [0.05, 0.1) is 17.0 Å². The van der Waals surface area contributed by atoms with Crippen molar-refractivity contribution in [1.82, 2.24) is 4.98 Å². The Balaban J connectivity index is 1.80. The first kappa shape index (κ1) is 21.0. The molecule has 0 saturated carbocycles. The van der Waals surface area contributed by atoms with Crippen molar-refractivity contribution in [2.24, 2.45) is 0 Å². The summed E-state index contributed by atoms with van der Waals surface area (Å²) in [4.78, 5) is 4.68. The fourth-order valence-corrected chi connectivity index (χ4v) is 4.41. The second kappa shape index (κ2) is 8.83. The maximum absolute atomic E-state index is 12.9. The Labute approximate surface area is 185 Å². The molecule has 1 N–H and O–H groups in total. The number of nitrogens with one attached hydrogen (secondary N) is 1. The third kappa shape index (κ3) is 4.57. The quantitative estimate of drug-likeness (QED) is 0.404. The lowest BCUT2D eigenvalue weighted by molar-refractivity contribution is 0.416. The largest absolute Gasteiger partial charge is 0.494 e. The first-order chi connectivity index (χ1) is 15.0. The number of sulfonamides is 1. The lowest BCUT2D eigenvalue weighted by Gasteiger charge is -2.10. The average molecular weight is 455 g/mol. The van der Waals surface area contributed by atoms with E-state index in [9.17, 15) is 8.42 Å². The van der Waals surface area contributed by atoms with Gasteiger partial charge in [-0.3, -0.25) is 0 Å². The number of oxazole rings is 1. The van der Waals surface area contributed by atoms with Gasteiger partial charge >= 0.3 is 0 Å². The Morgan fingerprint density at radius 3 is 2.32 bits per heavy atom. The van der Waals surface area contributed by atoms with E-state index in [1.807, 2.05) is 30.3 Å². The molecule has 0 aliphatic rings. The van der Waals surface area contributed by atoms with Gasteiger partial charge in [0.2, 0.25) is 11.8 Å². The molecule has 0 spiro atoms. The minimum Gasteiger partial charge on any atom is -0.494 e. The molecule has 0 aliphatic carbocycles. The van der Waals surface area contributed by atoms with E-state index in [0.29, 0.717) is 34.3 Å². The summed E-state index contributed by atoms with van der Waals surface area (Å²) in [5, 5.41) is 0.379. The van der Waals surface area contributed by atoms with Gasteiger partial charge < -0.3 is 9.15 Å². The van der Waals surface area contributed by atoms with Gasteiger partial charge in [-0.2, -0.15) is 0 Å². The molecule has 0 saturated heterocycles. The summed E-state index contributed by atoms with van der Waals surface area (Å²) in [6.07, 6.45) is 0.393. The van der Waals surface area contributed by atoms with Crippen LogP contribution in [0.5, 0.6) is 5.75 Å². The number of para-hydroxylation sites is 1. The van der Waals surface area contributed by atoms with Crippen LogP contribution in [0.1, 0.15) is 11.5 Å². The highest BCUT2D eigenvalue weighted by atomic mass is 35.5. The van der Waals surface area contributed by atoms with Crippen molar-refractivity contribution in [3.63, 3.8) is 0 Å². The van der Waals surface area contributed by atoms with Crippen LogP contribution in [-0.4, -0.2) is 20.5 Å². The third-order valence-electron chi connectivity index (χ3n) is 4.58. The highest BCUT2D eigenvalue weighted by molar-refractivity contribution is 7.92. The molecule has 6 nitrogen and oxygen atoms in total. The number of nitrogens with zero attached hydrogens (tertiary/aromatic N) is 1. The number of ether oxygens (including phenoxy) is 1. The molecule has 31 heavy (non-hydrogen) atoms. The molecule has 0 amide bonds. The number of aromatic nitrogens is 1. The van der Waals surface area contributed by atoms with Gasteiger partial charge in [-0.25, -0.2) is 18.1 Å². The van der Waals surface area contributed by atoms with E-state index in [2.05, 4.69) is 9.71 Å². The number of benzene rings is 3. The Hall–Kier alpha value is -3.29. The molecule has 1 aromatic heterocycles. The number of anilines is 1. The Morgan fingerprint density at radius 1 is 0.968 bits per heavy atom. The molecule has 0 aliphatic heterocycles. The van der Waals surface area contributed by atoms with E-state index in [0.717, 1.165) is 5.56 Å². The lowest BCUT2D eigenvalue weighted by Crippen LogP contribution is -2.13. The standard InChI is InChI=1S/C23H19ClN2O4S/c1-29-22-18(13-8-14-19(22)24)21-23(26-31(27,28)17-11-6-3-7-12-17)30-20(25-21)15-16-9-4-2-5-10-16/h2-14,26H,15H2,1H3. The van der Waals surface area contributed by atoms with Gasteiger partial charge in [0.1, 0.15) is 11.4 Å². The van der Waals surface area contributed by atoms with E-state index >= 15 is 0 Å². The maximum atomic E-state index is 12.9. The molecule has 4 aromatic rings. The molecule has 4 rings (SSSR count). The number of halogens is 1. The van der Waals surface area contributed by atoms with E-state index in [-0.39, 0.29) is 10.8 Å². The normalized spacial score (nSPS) is 11.3. The van der Waals surface area contributed by atoms with Crippen LogP contribution in [0, 0.1) is 0 Å². The van der Waals surface area contributed by atoms with Crippen LogP contribution in [0.25, 0.3) is 11.3 Å². The average Bonchev–Trinajstić information content (AvgIpc) is 3.16. The molecule has 8 heteroatoms. The Kier molecular flexibility index (Phi) is 5.97. The summed E-state index contributed by atoms with van der Waals surface area (Å²) in [6.45, 7) is 0. The number of hydrogen-bond donors (Lipinski definition) is 1. The fourth-order valence-electron chi connectivity index (χ4n) is 3.15. The molecule has 0 unspecified atom stereocenters.